The van der Waals surface area contributed by atoms with Crippen LogP contribution in [0, 0.1) is 5.92 Å². The van der Waals surface area contributed by atoms with Gasteiger partial charge in [0.15, 0.2) is 0 Å². The molecule has 1 unspecified atom stereocenters. The first-order chi connectivity index (χ1) is 5.70. The molecule has 0 aromatic heterocycles. The van der Waals surface area contributed by atoms with Gasteiger partial charge in [0.2, 0.25) is 0 Å². The number of hydrogen-bond donors (Lipinski definition) is 0. The van der Waals surface area contributed by atoms with Crippen LogP contribution in [0.3, 0.4) is 0 Å². The van der Waals surface area contributed by atoms with Crippen LogP contribution in [0.4, 0.5) is 4.79 Å². The normalized spacial score (nSPS) is 12.2. The topological polar surface area (TPSA) is 35.5 Å². The van der Waals surface area contributed by atoms with Gasteiger partial charge in [0.25, 0.3) is 0 Å². The Balaban J connectivity index is 3.33. The number of ether oxygens (including phenoxy) is 2. The fourth-order valence-electron chi connectivity index (χ4n) is 0.946. The average molecular weight is 174 g/mol. The number of hydrogen-bond acceptors (Lipinski definition) is 3. The molecule has 0 saturated carbocycles. The van der Waals surface area contributed by atoms with Gasteiger partial charge in [0, 0.05) is 0 Å². The van der Waals surface area contributed by atoms with Crippen molar-refractivity contribution in [3.05, 3.63) is 0 Å². The zero-order valence-corrected chi connectivity index (χ0v) is 8.13. The zero-order chi connectivity index (χ0) is 9.40. The van der Waals surface area contributed by atoms with E-state index in [1.54, 1.807) is 6.92 Å². The fourth-order valence-corrected chi connectivity index (χ4v) is 0.946. The highest BCUT2D eigenvalue weighted by atomic mass is 16.7. The summed E-state index contributed by atoms with van der Waals surface area (Å²) in [7, 11) is 0. The summed E-state index contributed by atoms with van der Waals surface area (Å²) < 4.78 is 9.44. The molecule has 3 nitrogen and oxygen atoms in total. The molecule has 0 aromatic carbocycles. The quantitative estimate of drug-likeness (QED) is 0.601. The Kier molecular flexibility index (Phi) is 6.53. The van der Waals surface area contributed by atoms with Gasteiger partial charge < -0.3 is 9.47 Å². The summed E-state index contributed by atoms with van der Waals surface area (Å²) in [6.07, 6.45) is 1.65. The van der Waals surface area contributed by atoms with Crippen molar-refractivity contribution in [3.63, 3.8) is 0 Å². The second-order valence-corrected chi connectivity index (χ2v) is 2.89. The van der Waals surface area contributed by atoms with Gasteiger partial charge in [-0.25, -0.2) is 4.79 Å². The van der Waals surface area contributed by atoms with Crippen LogP contribution in [-0.4, -0.2) is 19.4 Å². The largest absolute Gasteiger partial charge is 0.508 e. The molecular weight excluding hydrogens is 156 g/mol. The summed E-state index contributed by atoms with van der Waals surface area (Å²) in [5.41, 5.74) is 0. The molecule has 0 aliphatic carbocycles. The SMILES string of the molecule is CCCC(C)COC(=O)OCC. The first kappa shape index (κ1) is 11.3. The molecule has 0 saturated heterocycles. The van der Waals surface area contributed by atoms with Crippen molar-refractivity contribution in [1.82, 2.24) is 0 Å². The van der Waals surface area contributed by atoms with Gasteiger partial charge in [-0.05, 0) is 19.3 Å². The Morgan fingerprint density at radius 3 is 2.50 bits per heavy atom. The van der Waals surface area contributed by atoms with Crippen molar-refractivity contribution in [2.45, 2.75) is 33.6 Å². The highest BCUT2D eigenvalue weighted by Gasteiger charge is 2.06. The van der Waals surface area contributed by atoms with Gasteiger partial charge in [0.1, 0.15) is 0 Å². The van der Waals surface area contributed by atoms with Gasteiger partial charge in [-0.3, -0.25) is 0 Å². The minimum absolute atomic E-state index is 0.376. The first-order valence-electron chi connectivity index (χ1n) is 4.50. The summed E-state index contributed by atoms with van der Waals surface area (Å²) in [4.78, 5) is 10.7. The highest BCUT2D eigenvalue weighted by Crippen LogP contribution is 2.05. The molecule has 72 valence electrons. The summed E-state index contributed by atoms with van der Waals surface area (Å²) in [5.74, 6) is 0.430. The van der Waals surface area contributed by atoms with Crippen LogP contribution < -0.4 is 0 Å². The maximum atomic E-state index is 10.7. The Morgan fingerprint density at radius 2 is 2.00 bits per heavy atom. The van der Waals surface area contributed by atoms with Gasteiger partial charge in [-0.1, -0.05) is 20.3 Å². The van der Waals surface area contributed by atoms with E-state index >= 15 is 0 Å². The van der Waals surface area contributed by atoms with E-state index in [0.717, 1.165) is 12.8 Å². The lowest BCUT2D eigenvalue weighted by atomic mass is 10.1. The van der Waals surface area contributed by atoms with Crippen LogP contribution >= 0.6 is 0 Å². The second-order valence-electron chi connectivity index (χ2n) is 2.89. The third-order valence-corrected chi connectivity index (χ3v) is 1.53. The summed E-state index contributed by atoms with van der Waals surface area (Å²) in [6.45, 7) is 6.77. The minimum atomic E-state index is -0.555. The van der Waals surface area contributed by atoms with Gasteiger partial charge in [-0.2, -0.15) is 0 Å². The van der Waals surface area contributed by atoms with E-state index in [4.69, 9.17) is 4.74 Å². The number of carbonyl (C=O) groups is 1. The lowest BCUT2D eigenvalue weighted by Gasteiger charge is -2.09. The number of rotatable bonds is 5. The van der Waals surface area contributed by atoms with Crippen LogP contribution in [0.5, 0.6) is 0 Å². The first-order valence-corrected chi connectivity index (χ1v) is 4.50. The van der Waals surface area contributed by atoms with E-state index in [1.807, 2.05) is 0 Å². The van der Waals surface area contributed by atoms with Crippen LogP contribution in [0.1, 0.15) is 33.6 Å². The van der Waals surface area contributed by atoms with Crippen molar-refractivity contribution < 1.29 is 14.3 Å². The molecule has 0 rings (SSSR count). The smallest absolute Gasteiger partial charge is 0.435 e. The lowest BCUT2D eigenvalue weighted by molar-refractivity contribution is 0.0485. The maximum Gasteiger partial charge on any atom is 0.508 e. The fraction of sp³-hybridized carbons (Fsp3) is 0.889. The van der Waals surface area contributed by atoms with Crippen LogP contribution in [0.25, 0.3) is 0 Å². The molecule has 0 amide bonds. The molecule has 3 heteroatoms. The van der Waals surface area contributed by atoms with Crippen molar-refractivity contribution in [2.24, 2.45) is 5.92 Å². The van der Waals surface area contributed by atoms with Crippen molar-refractivity contribution in [3.8, 4) is 0 Å². The molecular formula is C9H18O3. The molecule has 0 N–H and O–H groups in total. The predicted molar refractivity (Wildman–Crippen MR) is 47.0 cm³/mol. The highest BCUT2D eigenvalue weighted by molar-refractivity contribution is 5.59. The third-order valence-electron chi connectivity index (χ3n) is 1.53. The van der Waals surface area contributed by atoms with E-state index in [9.17, 15) is 4.79 Å². The van der Waals surface area contributed by atoms with Crippen molar-refractivity contribution in [2.75, 3.05) is 13.2 Å². The van der Waals surface area contributed by atoms with Gasteiger partial charge in [-0.15, -0.1) is 0 Å². The standard InChI is InChI=1S/C9H18O3/c1-4-6-8(3)7-12-9(10)11-5-2/h8H,4-7H2,1-3H3. The molecule has 0 bridgehead atoms. The Bertz CT molecular complexity index is 123. The van der Waals surface area contributed by atoms with Gasteiger partial charge >= 0.3 is 6.16 Å². The molecule has 12 heavy (non-hydrogen) atoms. The van der Waals surface area contributed by atoms with E-state index in [0.29, 0.717) is 19.1 Å². The van der Waals surface area contributed by atoms with Crippen LogP contribution in [-0.2, 0) is 9.47 Å². The van der Waals surface area contributed by atoms with Crippen molar-refractivity contribution >= 4 is 6.16 Å². The minimum Gasteiger partial charge on any atom is -0.435 e. The average Bonchev–Trinajstić information content (AvgIpc) is 2.02. The summed E-state index contributed by atoms with van der Waals surface area (Å²) in [5, 5.41) is 0. The zero-order valence-electron chi connectivity index (χ0n) is 8.13. The molecule has 1 atom stereocenters. The predicted octanol–water partition coefficient (Wildman–Crippen LogP) is 2.60. The van der Waals surface area contributed by atoms with E-state index < -0.39 is 6.16 Å². The maximum absolute atomic E-state index is 10.7. The molecule has 0 heterocycles. The van der Waals surface area contributed by atoms with Gasteiger partial charge in [0.05, 0.1) is 13.2 Å². The summed E-state index contributed by atoms with van der Waals surface area (Å²) >= 11 is 0. The lowest BCUT2D eigenvalue weighted by Crippen LogP contribution is -2.12. The Hall–Kier alpha value is -0.730. The molecule has 0 aliphatic heterocycles. The molecule has 0 fully saturated rings. The molecule has 0 spiro atoms. The van der Waals surface area contributed by atoms with E-state index in [1.165, 1.54) is 0 Å². The third kappa shape index (κ3) is 6.01. The second kappa shape index (κ2) is 6.95. The number of carbonyl (C=O) groups excluding carboxylic acids is 1. The monoisotopic (exact) mass is 174 g/mol. The molecule has 0 radical (unpaired) electrons. The Morgan fingerprint density at radius 1 is 1.33 bits per heavy atom. The van der Waals surface area contributed by atoms with Crippen LogP contribution in [0.2, 0.25) is 0 Å². The molecule has 0 aliphatic rings. The van der Waals surface area contributed by atoms with Crippen molar-refractivity contribution in [1.29, 1.82) is 0 Å². The van der Waals surface area contributed by atoms with E-state index in [-0.39, 0.29) is 0 Å². The van der Waals surface area contributed by atoms with E-state index in [2.05, 4.69) is 18.6 Å². The molecule has 0 aromatic rings. The summed E-state index contributed by atoms with van der Waals surface area (Å²) in [6, 6.07) is 0. The Labute approximate surface area is 74.0 Å². The van der Waals surface area contributed by atoms with Crippen LogP contribution in [0.15, 0.2) is 0 Å².